The predicted octanol–water partition coefficient (Wildman–Crippen LogP) is 3.10. The monoisotopic (exact) mass is 341 g/mol. The van der Waals surface area contributed by atoms with Gasteiger partial charge in [0.2, 0.25) is 5.13 Å². The number of thiazole rings is 1. The van der Waals surface area contributed by atoms with Gasteiger partial charge in [0.25, 0.3) is 0 Å². The molecule has 24 heavy (non-hydrogen) atoms. The number of ether oxygens (including phenoxy) is 1. The molecule has 0 atom stereocenters. The van der Waals surface area contributed by atoms with Crippen LogP contribution >= 0.6 is 11.3 Å². The molecule has 0 radical (unpaired) electrons. The number of carbonyl (C=O) groups is 1. The molecule has 0 aliphatic carbocycles. The van der Waals surface area contributed by atoms with Crippen LogP contribution in [0.25, 0.3) is 11.0 Å². The normalized spacial score (nSPS) is 11.5. The van der Waals surface area contributed by atoms with Gasteiger partial charge in [0.15, 0.2) is 5.69 Å². The largest absolute Gasteiger partial charge is 0.461 e. The number of hydrogen-bond donors (Lipinski definition) is 1. The Hall–Kier alpha value is -2.87. The lowest BCUT2D eigenvalue weighted by molar-refractivity contribution is 0.0520. The first-order valence-corrected chi connectivity index (χ1v) is 8.20. The van der Waals surface area contributed by atoms with E-state index in [9.17, 15) is 4.79 Å². The molecule has 8 heteroatoms. The van der Waals surface area contributed by atoms with E-state index in [-0.39, 0.29) is 5.69 Å². The van der Waals surface area contributed by atoms with Crippen LogP contribution in [0.15, 0.2) is 40.9 Å². The summed E-state index contributed by atoms with van der Waals surface area (Å²) in [6.07, 6.45) is 1.68. The van der Waals surface area contributed by atoms with Gasteiger partial charge >= 0.3 is 5.97 Å². The van der Waals surface area contributed by atoms with Gasteiger partial charge in [-0.15, -0.1) is 11.3 Å². The molecule has 7 nitrogen and oxygen atoms in total. The van der Waals surface area contributed by atoms with Crippen LogP contribution in [-0.2, 0) is 4.74 Å². The number of benzene rings is 1. The average molecular weight is 341 g/mol. The topological polar surface area (TPSA) is 89.4 Å². The molecule has 0 saturated heterocycles. The molecule has 0 saturated carbocycles. The van der Waals surface area contributed by atoms with E-state index in [1.165, 1.54) is 11.3 Å². The minimum atomic E-state index is -0.442. The quantitative estimate of drug-likeness (QED) is 0.436. The third-order valence-electron chi connectivity index (χ3n) is 3.13. The van der Waals surface area contributed by atoms with Gasteiger partial charge in [-0.1, -0.05) is 12.1 Å². The van der Waals surface area contributed by atoms with E-state index in [1.807, 2.05) is 31.2 Å². The fourth-order valence-electron chi connectivity index (χ4n) is 1.94. The Morgan fingerprint density at radius 2 is 2.04 bits per heavy atom. The Kier molecular flexibility index (Phi) is 4.76. The van der Waals surface area contributed by atoms with Crippen molar-refractivity contribution in [2.75, 3.05) is 12.0 Å². The minimum absolute atomic E-state index is 0.266. The van der Waals surface area contributed by atoms with E-state index in [4.69, 9.17) is 4.74 Å². The van der Waals surface area contributed by atoms with E-state index in [2.05, 4.69) is 25.5 Å². The van der Waals surface area contributed by atoms with Gasteiger partial charge < -0.3 is 4.74 Å². The number of nitrogens with zero attached hydrogens (tertiary/aromatic N) is 4. The van der Waals surface area contributed by atoms with E-state index in [0.717, 1.165) is 11.0 Å². The second-order valence-electron chi connectivity index (χ2n) is 4.81. The summed E-state index contributed by atoms with van der Waals surface area (Å²) in [5.41, 5.74) is 6.08. The van der Waals surface area contributed by atoms with E-state index >= 15 is 0 Å². The van der Waals surface area contributed by atoms with Crippen LogP contribution in [0.5, 0.6) is 0 Å². The fraction of sp³-hybridized carbons (Fsp3) is 0.188. The Morgan fingerprint density at radius 3 is 2.83 bits per heavy atom. The molecular formula is C16H15N5O2S. The average Bonchev–Trinajstić information content (AvgIpc) is 3.08. The van der Waals surface area contributed by atoms with Crippen LogP contribution in [0.4, 0.5) is 5.13 Å². The molecule has 0 aliphatic heterocycles. The highest BCUT2D eigenvalue weighted by Gasteiger charge is 2.11. The molecule has 0 amide bonds. The zero-order valence-corrected chi connectivity index (χ0v) is 14.0. The number of para-hydroxylation sites is 2. The Labute approximate surface area is 142 Å². The van der Waals surface area contributed by atoms with Crippen LogP contribution in [0.3, 0.4) is 0 Å². The van der Waals surface area contributed by atoms with Gasteiger partial charge in [-0.3, -0.25) is 10.4 Å². The maximum absolute atomic E-state index is 11.6. The van der Waals surface area contributed by atoms with Gasteiger partial charge in [0, 0.05) is 5.38 Å². The molecule has 0 fully saturated rings. The lowest BCUT2D eigenvalue weighted by atomic mass is 10.2. The smallest absolute Gasteiger partial charge is 0.357 e. The molecule has 1 N–H and O–H groups in total. The molecular weight excluding hydrogens is 326 g/mol. The van der Waals surface area contributed by atoms with Crippen molar-refractivity contribution in [2.24, 2.45) is 5.10 Å². The lowest BCUT2D eigenvalue weighted by Gasteiger charge is -2.02. The summed E-state index contributed by atoms with van der Waals surface area (Å²) in [4.78, 5) is 24.6. The lowest BCUT2D eigenvalue weighted by Crippen LogP contribution is -2.06. The number of nitrogens with one attached hydrogen (secondary N) is 1. The van der Waals surface area contributed by atoms with Crippen LogP contribution in [-0.4, -0.2) is 33.2 Å². The van der Waals surface area contributed by atoms with Crippen LogP contribution in [0.1, 0.15) is 30.0 Å². The third kappa shape index (κ3) is 3.54. The van der Waals surface area contributed by atoms with E-state index in [0.29, 0.717) is 23.1 Å². The highest BCUT2D eigenvalue weighted by Crippen LogP contribution is 2.16. The third-order valence-corrected chi connectivity index (χ3v) is 3.87. The van der Waals surface area contributed by atoms with Gasteiger partial charge in [0.1, 0.15) is 5.69 Å². The van der Waals surface area contributed by atoms with Crippen LogP contribution in [0, 0.1) is 0 Å². The zero-order chi connectivity index (χ0) is 16.9. The van der Waals surface area contributed by atoms with Crippen molar-refractivity contribution in [1.82, 2.24) is 15.0 Å². The summed E-state index contributed by atoms with van der Waals surface area (Å²) in [7, 11) is 0. The van der Waals surface area contributed by atoms with Crippen LogP contribution < -0.4 is 5.43 Å². The van der Waals surface area contributed by atoms with Crippen molar-refractivity contribution in [3.8, 4) is 0 Å². The van der Waals surface area contributed by atoms with Crippen molar-refractivity contribution in [2.45, 2.75) is 13.8 Å². The maximum atomic E-state index is 11.6. The number of aromatic nitrogens is 3. The molecule has 122 valence electrons. The summed E-state index contributed by atoms with van der Waals surface area (Å²) in [6.45, 7) is 3.89. The van der Waals surface area contributed by atoms with Gasteiger partial charge in [-0.2, -0.15) is 5.10 Å². The molecule has 3 aromatic rings. The van der Waals surface area contributed by atoms with E-state index < -0.39 is 5.97 Å². The first-order chi connectivity index (χ1) is 11.7. The molecule has 1 aromatic carbocycles. The molecule has 2 aromatic heterocycles. The zero-order valence-electron chi connectivity index (χ0n) is 13.2. The maximum Gasteiger partial charge on any atom is 0.357 e. The Balaban J connectivity index is 1.74. The highest BCUT2D eigenvalue weighted by molar-refractivity contribution is 7.13. The van der Waals surface area contributed by atoms with Crippen molar-refractivity contribution in [3.63, 3.8) is 0 Å². The molecule has 0 unspecified atom stereocenters. The summed E-state index contributed by atoms with van der Waals surface area (Å²) in [5.74, 6) is -0.442. The van der Waals surface area contributed by atoms with Crippen molar-refractivity contribution >= 4 is 39.2 Å². The number of carbonyl (C=O) groups excluding carboxylic acids is 1. The first kappa shape index (κ1) is 16.0. The second-order valence-corrected chi connectivity index (χ2v) is 5.67. The second kappa shape index (κ2) is 7.14. The molecule has 2 heterocycles. The SMILES string of the molecule is CCOC(=O)c1csc(N/N=C(\C)c2cnc3ccccc3n2)n1. The number of anilines is 1. The molecule has 0 spiro atoms. The first-order valence-electron chi connectivity index (χ1n) is 7.32. The number of fused-ring (bicyclic) bond motifs is 1. The van der Waals surface area contributed by atoms with Gasteiger partial charge in [0.05, 0.1) is 29.5 Å². The van der Waals surface area contributed by atoms with Crippen molar-refractivity contribution in [1.29, 1.82) is 0 Å². The fourth-order valence-corrected chi connectivity index (χ4v) is 2.57. The highest BCUT2D eigenvalue weighted by atomic mass is 32.1. The minimum Gasteiger partial charge on any atom is -0.461 e. The summed E-state index contributed by atoms with van der Waals surface area (Å²) >= 11 is 1.28. The van der Waals surface area contributed by atoms with Gasteiger partial charge in [-0.05, 0) is 26.0 Å². The molecule has 0 bridgehead atoms. The summed E-state index contributed by atoms with van der Waals surface area (Å²) in [5, 5.41) is 6.38. The number of rotatable bonds is 5. The van der Waals surface area contributed by atoms with Crippen molar-refractivity contribution < 1.29 is 9.53 Å². The van der Waals surface area contributed by atoms with E-state index in [1.54, 1.807) is 18.5 Å². The summed E-state index contributed by atoms with van der Waals surface area (Å²) < 4.78 is 4.90. The Bertz CT molecular complexity index is 906. The van der Waals surface area contributed by atoms with Gasteiger partial charge in [-0.25, -0.2) is 14.8 Å². The predicted molar refractivity (Wildman–Crippen MR) is 93.4 cm³/mol. The number of hydrazone groups is 1. The summed E-state index contributed by atoms with van der Waals surface area (Å²) in [6, 6.07) is 7.64. The number of esters is 1. The Morgan fingerprint density at radius 1 is 1.25 bits per heavy atom. The molecule has 0 aliphatic rings. The standard InChI is InChI=1S/C16H15N5O2S/c1-3-23-15(22)14-9-24-16(19-14)21-20-10(2)13-8-17-11-6-4-5-7-12(11)18-13/h4-9H,3H2,1-2H3,(H,19,21)/b20-10+. The molecule has 3 rings (SSSR count). The van der Waals surface area contributed by atoms with Crippen molar-refractivity contribution in [3.05, 3.63) is 47.2 Å². The number of hydrogen-bond acceptors (Lipinski definition) is 8. The van der Waals surface area contributed by atoms with Crippen LogP contribution in [0.2, 0.25) is 0 Å².